The van der Waals surface area contributed by atoms with Gasteiger partial charge in [-0.3, -0.25) is 0 Å². The second kappa shape index (κ2) is 6.75. The van der Waals surface area contributed by atoms with Crippen LogP contribution >= 0.6 is 13.6 Å². The Morgan fingerprint density at radius 1 is 0.571 bits per heavy atom. The molecule has 0 atom stereocenters. The van der Waals surface area contributed by atoms with E-state index in [4.69, 9.17) is 0 Å². The summed E-state index contributed by atoms with van der Waals surface area (Å²) in [5.41, 5.74) is 0. The third-order valence-corrected chi connectivity index (χ3v) is 1.78. The van der Waals surface area contributed by atoms with Crippen molar-refractivity contribution in [3.63, 3.8) is 0 Å². The molecule has 0 fully saturated rings. The molecule has 0 radical (unpaired) electrons. The first-order valence-electron chi connectivity index (χ1n) is 3.97. The molecule has 124 valence electrons. The van der Waals surface area contributed by atoms with Gasteiger partial charge in [0, 0.05) is 0 Å². The van der Waals surface area contributed by atoms with E-state index in [1.54, 1.807) is 0 Å². The van der Waals surface area contributed by atoms with Crippen molar-refractivity contribution in [2.75, 3.05) is 0 Å². The van der Waals surface area contributed by atoms with E-state index in [1.807, 2.05) is 0 Å². The molecule has 0 aliphatic rings. The zero-order valence-electron chi connectivity index (χ0n) is 9.00. The van der Waals surface area contributed by atoms with Crippen LogP contribution in [0, 0.1) is 6.43 Å². The van der Waals surface area contributed by atoms with Crippen LogP contribution in [0.25, 0.3) is 0 Å². The molecule has 21 heavy (non-hydrogen) atoms. The number of rotatable bonds is 4. The Kier molecular flexibility index (Phi) is 7.54. The molecule has 0 spiro atoms. The average Bonchev–Trinajstić information content (AvgIpc) is 2.29. The van der Waals surface area contributed by atoms with Gasteiger partial charge < -0.3 is 8.78 Å². The van der Waals surface area contributed by atoms with Crippen LogP contribution < -0.4 is 0 Å². The Morgan fingerprint density at radius 3 is 1.05 bits per heavy atom. The van der Waals surface area contributed by atoms with Gasteiger partial charge in [0.1, 0.15) is 0 Å². The summed E-state index contributed by atoms with van der Waals surface area (Å²) in [7, 11) is 0. The Bertz CT molecular complexity index is 334. The van der Waals surface area contributed by atoms with E-state index >= 15 is 0 Å². The number of alkyl halides is 11. The minimum absolute atomic E-state index is 1.19. The van der Waals surface area contributed by atoms with E-state index in [0.29, 0.717) is 0 Å². The summed E-state index contributed by atoms with van der Waals surface area (Å²) in [5.74, 6) is -30.3. The molecule has 0 amide bonds. The van der Waals surface area contributed by atoms with E-state index in [1.165, 1.54) is 16.3 Å². The van der Waals surface area contributed by atoms with Crippen LogP contribution in [-0.4, -0.2) is 29.9 Å². The second-order valence-corrected chi connectivity index (χ2v) is 3.06. The van der Waals surface area contributed by atoms with Gasteiger partial charge in [-0.2, -0.15) is 39.5 Å². The Morgan fingerprint density at radius 2 is 0.857 bits per heavy atom. The fourth-order valence-electron chi connectivity index (χ4n) is 0.691. The van der Waals surface area contributed by atoms with Crippen molar-refractivity contribution < 1.29 is 73.4 Å². The van der Waals surface area contributed by atoms with Crippen molar-refractivity contribution in [2.24, 2.45) is 0 Å². The van der Waals surface area contributed by atoms with Gasteiger partial charge in [0.15, 0.2) is 0 Å². The maximum absolute atomic E-state index is 12.3. The van der Waals surface area contributed by atoms with Crippen LogP contribution in [0.3, 0.4) is 0 Å². The number of hydrogen-bond acceptors (Lipinski definition) is 0. The monoisotopic (exact) mass is 462 g/mol. The Labute approximate surface area is 124 Å². The van der Waals surface area contributed by atoms with Gasteiger partial charge in [-0.15, -0.1) is 0 Å². The van der Waals surface area contributed by atoms with E-state index in [9.17, 15) is 57.1 Å². The third kappa shape index (κ3) is 3.75. The fraction of sp³-hybridized carbons (Fsp3) is 0.833. The standard InChI is InChI=1S/C6F13.BrH.Zn/c7-1(8)2(9,10)3(11,12)4(13,14)5(15,16)6(17,18)19;;/h;1H;/q-1;;+2/p-1. The van der Waals surface area contributed by atoms with Crippen LogP contribution in [0.4, 0.5) is 57.1 Å². The molecule has 0 aliphatic heterocycles. The molecule has 0 saturated heterocycles. The summed E-state index contributed by atoms with van der Waals surface area (Å²) < 4.78 is 154. The number of halogens is 14. The van der Waals surface area contributed by atoms with Gasteiger partial charge in [0.2, 0.25) is 0 Å². The zero-order valence-corrected chi connectivity index (χ0v) is 13.6. The first-order valence-corrected chi connectivity index (χ1v) is 10.9. The quantitative estimate of drug-likeness (QED) is 0.299. The van der Waals surface area contributed by atoms with Gasteiger partial charge in [-0.25, -0.2) is 8.78 Å². The predicted molar refractivity (Wildman–Crippen MR) is 40.2 cm³/mol. The Balaban J connectivity index is 0. The van der Waals surface area contributed by atoms with Gasteiger partial charge in [0.05, 0.1) is 6.43 Å². The van der Waals surface area contributed by atoms with Gasteiger partial charge in [0.25, 0.3) is 5.92 Å². The van der Waals surface area contributed by atoms with Crippen LogP contribution in [0.1, 0.15) is 0 Å². The summed E-state index contributed by atoms with van der Waals surface area (Å²) in [6.45, 7) is 0. The van der Waals surface area contributed by atoms with Crippen molar-refractivity contribution in [2.45, 2.75) is 29.9 Å². The van der Waals surface area contributed by atoms with Crippen LogP contribution in [0.15, 0.2) is 0 Å². The normalized spacial score (nSPS) is 14.9. The van der Waals surface area contributed by atoms with Crippen LogP contribution in [0.5, 0.6) is 0 Å². The third-order valence-electron chi connectivity index (χ3n) is 1.78. The zero-order chi connectivity index (χ0) is 18.1. The maximum atomic E-state index is 12.3. The molecule has 0 aromatic carbocycles. The van der Waals surface area contributed by atoms with Crippen molar-refractivity contribution in [3.05, 3.63) is 6.43 Å². The van der Waals surface area contributed by atoms with Crippen LogP contribution in [-0.2, 0) is 16.3 Å². The molecule has 0 nitrogen and oxygen atoms in total. The van der Waals surface area contributed by atoms with Gasteiger partial charge in [-0.1, -0.05) is 0 Å². The summed E-state index contributed by atoms with van der Waals surface area (Å²) in [6, 6.07) is 0. The molecule has 0 heterocycles. The predicted octanol–water partition coefficient (Wildman–Crippen LogP) is 5.36. The molecule has 0 aliphatic carbocycles. The second-order valence-electron chi connectivity index (χ2n) is 3.06. The minimum atomic E-state index is -7.80. The van der Waals surface area contributed by atoms with E-state index < -0.39 is 36.3 Å². The molecular formula is C6BrF13Zn. The molecule has 0 aromatic heterocycles. The van der Waals surface area contributed by atoms with E-state index in [2.05, 4.69) is 13.6 Å². The molecule has 0 unspecified atom stereocenters. The first-order chi connectivity index (χ1) is 8.94. The SMILES string of the molecule is F[C-](F)C(F)(F)C(F)(F)C(F)(F)C(F)(F)C(F)(F)F.[Zn+][Br]. The van der Waals surface area contributed by atoms with E-state index in [0.717, 1.165) is 0 Å². The Hall–Kier alpha value is 0.193. The molecule has 0 bridgehead atoms. The summed E-state index contributed by atoms with van der Waals surface area (Å²) in [5, 5.41) is 0. The summed E-state index contributed by atoms with van der Waals surface area (Å²) >= 11 is 4.25. The summed E-state index contributed by atoms with van der Waals surface area (Å²) in [4.78, 5) is 0. The first kappa shape index (κ1) is 23.5. The molecule has 0 N–H and O–H groups in total. The average molecular weight is 464 g/mol. The number of hydrogen-bond donors (Lipinski definition) is 0. The van der Waals surface area contributed by atoms with E-state index in [-0.39, 0.29) is 0 Å². The van der Waals surface area contributed by atoms with Gasteiger partial charge in [-0.05, 0) is 0 Å². The fourth-order valence-corrected chi connectivity index (χ4v) is 0.691. The molecule has 0 rings (SSSR count). The summed E-state index contributed by atoms with van der Waals surface area (Å²) in [6.07, 6.45) is -12.1. The van der Waals surface area contributed by atoms with Crippen molar-refractivity contribution in [1.29, 1.82) is 0 Å². The van der Waals surface area contributed by atoms with Crippen molar-refractivity contribution >= 4 is 13.6 Å². The molecule has 0 aromatic rings. The van der Waals surface area contributed by atoms with Crippen molar-refractivity contribution in [3.8, 4) is 0 Å². The molecule has 0 saturated carbocycles. The van der Waals surface area contributed by atoms with Crippen molar-refractivity contribution in [1.82, 2.24) is 0 Å². The molecule has 15 heteroatoms. The molecular weight excluding hydrogens is 464 g/mol. The van der Waals surface area contributed by atoms with Gasteiger partial charge >= 0.3 is 53.9 Å². The van der Waals surface area contributed by atoms with Crippen LogP contribution in [0.2, 0.25) is 0 Å². The topological polar surface area (TPSA) is 0 Å².